The minimum absolute atomic E-state index is 0.917. The fourth-order valence-electron chi connectivity index (χ4n) is 0.447. The summed E-state index contributed by atoms with van der Waals surface area (Å²) in [7, 11) is 0. The average molecular weight is 80.1 g/mol. The molecule has 0 aromatic carbocycles. The molecule has 0 spiro atoms. The van der Waals surface area contributed by atoms with Gasteiger partial charge in [-0.05, 0) is 6.42 Å². The van der Waals surface area contributed by atoms with Crippen molar-refractivity contribution in [3.63, 3.8) is 0 Å². The van der Waals surface area contributed by atoms with Crippen molar-refractivity contribution in [1.82, 2.24) is 0 Å². The third kappa shape index (κ3) is 0.322. The van der Waals surface area contributed by atoms with E-state index >= 15 is 0 Å². The van der Waals surface area contributed by atoms with Crippen molar-refractivity contribution < 1.29 is 0 Å². The first-order valence-electron chi connectivity index (χ1n) is 1.86. The zero-order chi connectivity index (χ0) is 4.57. The van der Waals surface area contributed by atoms with Crippen molar-refractivity contribution in [1.29, 1.82) is 0 Å². The van der Waals surface area contributed by atoms with Gasteiger partial charge in [-0.2, -0.15) is 11.4 Å². The third-order valence-corrected chi connectivity index (χ3v) is 0.724. The zero-order valence-corrected chi connectivity index (χ0v) is 3.57. The second-order valence-corrected chi connectivity index (χ2v) is 1.42. The molecule has 1 heterocycles. The second kappa shape index (κ2) is 0.869. The van der Waals surface area contributed by atoms with Crippen LogP contribution in [0.3, 0.4) is 0 Å². The smallest absolute Gasteiger partial charge is 0.0450 e. The molecule has 0 bridgehead atoms. The van der Waals surface area contributed by atoms with E-state index in [0.29, 0.717) is 0 Å². The Morgan fingerprint density at radius 1 is 1.33 bits per heavy atom. The molecule has 0 aromatic heterocycles. The molecule has 1 heteroatoms. The Morgan fingerprint density at radius 3 is 1.67 bits per heavy atom. The second-order valence-electron chi connectivity index (χ2n) is 1.42. The summed E-state index contributed by atoms with van der Waals surface area (Å²) in [5.74, 6) is 0. The Morgan fingerprint density at radius 2 is 1.67 bits per heavy atom. The van der Waals surface area contributed by atoms with Crippen LogP contribution in [0, 0.1) is 0 Å². The molecule has 0 atom stereocenters. The van der Waals surface area contributed by atoms with Crippen molar-refractivity contribution in [2.45, 2.75) is 6.42 Å². The predicted molar refractivity (Wildman–Crippen MR) is 26.3 cm³/mol. The van der Waals surface area contributed by atoms with E-state index < -0.39 is 0 Å². The van der Waals surface area contributed by atoms with Gasteiger partial charge in [-0.15, -0.1) is 13.2 Å². The molecule has 0 unspecified atom stereocenters. The van der Waals surface area contributed by atoms with Gasteiger partial charge in [0.15, 0.2) is 0 Å². The van der Waals surface area contributed by atoms with Gasteiger partial charge in [0, 0.05) is 0 Å². The molecule has 1 rings (SSSR count). The van der Waals surface area contributed by atoms with Crippen LogP contribution in [0.2, 0.25) is 0 Å². The molecule has 32 valence electrons. The van der Waals surface area contributed by atoms with Crippen LogP contribution >= 0.6 is 0 Å². The van der Waals surface area contributed by atoms with Crippen LogP contribution in [0.4, 0.5) is 0 Å². The summed E-state index contributed by atoms with van der Waals surface area (Å²) in [6, 6.07) is 0. The quantitative estimate of drug-likeness (QED) is 0.421. The van der Waals surface area contributed by atoms with Crippen molar-refractivity contribution in [3.8, 4) is 0 Å². The average Bonchev–Trinajstić information content (AvgIpc) is 1.33. The topological polar surface area (TPSA) is 14.1 Å². The summed E-state index contributed by atoms with van der Waals surface area (Å²) in [5.41, 5.74) is 1.92. The fraction of sp³-hybridized carbons (Fsp3) is 0.200. The highest BCUT2D eigenvalue weighted by Gasteiger charge is 1.90. The summed E-state index contributed by atoms with van der Waals surface area (Å²) in [5, 5.41) is 3.83. The Balaban J connectivity index is 2.47. The van der Waals surface area contributed by atoms with Gasteiger partial charge in [-0.1, -0.05) is 0 Å². The van der Waals surface area contributed by atoms with Crippen molar-refractivity contribution in [3.05, 3.63) is 29.9 Å². The normalized spacial score (nSPS) is 19.3. The molecular formula is C5H6N-. The van der Waals surface area contributed by atoms with Crippen LogP contribution in [0.25, 0.3) is 5.32 Å². The van der Waals surface area contributed by atoms with Crippen LogP contribution in [-0.4, -0.2) is 0 Å². The molecule has 0 amide bonds. The first kappa shape index (κ1) is 3.47. The van der Waals surface area contributed by atoms with Gasteiger partial charge in [0.25, 0.3) is 0 Å². The van der Waals surface area contributed by atoms with E-state index in [4.69, 9.17) is 0 Å². The summed E-state index contributed by atoms with van der Waals surface area (Å²) in [6.07, 6.45) is 0.917. The molecule has 6 heavy (non-hydrogen) atoms. The van der Waals surface area contributed by atoms with Gasteiger partial charge in [0.1, 0.15) is 0 Å². The van der Waals surface area contributed by atoms with Crippen LogP contribution in [0.1, 0.15) is 6.42 Å². The number of hydrogen-bond donors (Lipinski definition) is 0. The minimum Gasteiger partial charge on any atom is -0.665 e. The van der Waals surface area contributed by atoms with Gasteiger partial charge < -0.3 is 5.32 Å². The van der Waals surface area contributed by atoms with Gasteiger partial charge in [0.2, 0.25) is 0 Å². The highest BCUT2D eigenvalue weighted by molar-refractivity contribution is 5.43. The van der Waals surface area contributed by atoms with E-state index in [9.17, 15) is 0 Å². The van der Waals surface area contributed by atoms with Crippen LogP contribution in [0.5, 0.6) is 0 Å². The van der Waals surface area contributed by atoms with E-state index in [0.717, 1.165) is 17.8 Å². The Bertz CT molecular complexity index is 80.5. The predicted octanol–water partition coefficient (Wildman–Crippen LogP) is 1.79. The summed E-state index contributed by atoms with van der Waals surface area (Å²) >= 11 is 0. The zero-order valence-electron chi connectivity index (χ0n) is 3.57. The monoisotopic (exact) mass is 80.1 g/mol. The van der Waals surface area contributed by atoms with Crippen molar-refractivity contribution in [2.75, 3.05) is 0 Å². The molecule has 0 N–H and O–H groups in total. The number of rotatable bonds is 0. The molecule has 0 radical (unpaired) electrons. The fourth-order valence-corrected chi connectivity index (χ4v) is 0.447. The maximum absolute atomic E-state index is 3.83. The van der Waals surface area contributed by atoms with E-state index in [2.05, 4.69) is 18.5 Å². The van der Waals surface area contributed by atoms with E-state index in [-0.39, 0.29) is 0 Å². The molecule has 1 aliphatic rings. The molecule has 1 saturated heterocycles. The maximum Gasteiger partial charge on any atom is -0.0450 e. The highest BCUT2D eigenvalue weighted by atomic mass is 15.0. The van der Waals surface area contributed by atoms with Gasteiger partial charge >= 0.3 is 0 Å². The third-order valence-electron chi connectivity index (χ3n) is 0.724. The molecule has 0 aliphatic carbocycles. The number of hydrogen-bond acceptors (Lipinski definition) is 0. The molecule has 1 nitrogen and oxygen atoms in total. The summed E-state index contributed by atoms with van der Waals surface area (Å²) in [4.78, 5) is 0. The Kier molecular flexibility index (Phi) is 0.502. The molecule has 0 aromatic rings. The summed E-state index contributed by atoms with van der Waals surface area (Å²) in [6.45, 7) is 7.17. The van der Waals surface area contributed by atoms with Gasteiger partial charge in [-0.25, -0.2) is 0 Å². The Hall–Kier alpha value is -0.720. The van der Waals surface area contributed by atoms with E-state index in [1.807, 2.05) is 0 Å². The van der Waals surface area contributed by atoms with Crippen LogP contribution < -0.4 is 0 Å². The maximum atomic E-state index is 3.83. The molecular weight excluding hydrogens is 74.1 g/mol. The number of nitrogens with zero attached hydrogens (tertiary/aromatic N) is 1. The standard InChI is InChI=1S/C5H6N/c1-4-3-5(2)6-4/h1-3H2/q-1. The highest BCUT2D eigenvalue weighted by Crippen LogP contribution is 2.31. The van der Waals surface area contributed by atoms with Crippen LogP contribution in [-0.2, 0) is 0 Å². The lowest BCUT2D eigenvalue weighted by atomic mass is 10.2. The minimum atomic E-state index is 0.917. The molecule has 1 fully saturated rings. The lowest BCUT2D eigenvalue weighted by Crippen LogP contribution is -1.94. The molecule has 0 saturated carbocycles. The lowest BCUT2D eigenvalue weighted by Gasteiger charge is -2.39. The van der Waals surface area contributed by atoms with Gasteiger partial charge in [0.05, 0.1) is 0 Å². The van der Waals surface area contributed by atoms with E-state index in [1.165, 1.54) is 0 Å². The molecule has 1 aliphatic heterocycles. The van der Waals surface area contributed by atoms with Crippen LogP contribution in [0.15, 0.2) is 24.6 Å². The largest absolute Gasteiger partial charge is 0.665 e. The van der Waals surface area contributed by atoms with Gasteiger partial charge in [-0.3, -0.25) is 0 Å². The van der Waals surface area contributed by atoms with E-state index in [1.54, 1.807) is 0 Å². The lowest BCUT2D eigenvalue weighted by molar-refractivity contribution is 1.06. The van der Waals surface area contributed by atoms with Crippen molar-refractivity contribution >= 4 is 0 Å². The first-order chi connectivity index (χ1) is 2.79. The summed E-state index contributed by atoms with van der Waals surface area (Å²) < 4.78 is 0. The Labute approximate surface area is 37.4 Å². The SMILES string of the molecule is C=C1CC(=C)[N-]1. The first-order valence-corrected chi connectivity index (χ1v) is 1.86. The van der Waals surface area contributed by atoms with Crippen molar-refractivity contribution in [2.24, 2.45) is 0 Å².